The third kappa shape index (κ3) is 6.87. The summed E-state index contributed by atoms with van der Waals surface area (Å²) in [5, 5.41) is 6.28. The zero-order valence-corrected chi connectivity index (χ0v) is 18.9. The number of hydrogen-bond acceptors (Lipinski definition) is 4. The molecule has 1 aliphatic rings. The van der Waals surface area contributed by atoms with Gasteiger partial charge in [0.2, 0.25) is 5.91 Å². The molecule has 1 heterocycles. The molecule has 8 heteroatoms. The number of carbonyl (C=O) groups is 2. The van der Waals surface area contributed by atoms with E-state index in [1.165, 1.54) is 5.56 Å². The Morgan fingerprint density at radius 3 is 2.58 bits per heavy atom. The molecule has 0 aliphatic carbocycles. The Morgan fingerprint density at radius 1 is 1.13 bits per heavy atom. The van der Waals surface area contributed by atoms with Gasteiger partial charge in [0, 0.05) is 38.4 Å². The number of benzene rings is 2. The van der Waals surface area contributed by atoms with E-state index in [1.807, 2.05) is 54.2 Å². The summed E-state index contributed by atoms with van der Waals surface area (Å²) in [4.78, 5) is 30.5. The van der Waals surface area contributed by atoms with Crippen molar-refractivity contribution in [3.05, 3.63) is 59.1 Å². The smallest absolute Gasteiger partial charge is 0.321 e. The fourth-order valence-electron chi connectivity index (χ4n) is 3.43. The number of hydrogen-bond donors (Lipinski definition) is 2. The van der Waals surface area contributed by atoms with Gasteiger partial charge in [-0.2, -0.15) is 0 Å². The van der Waals surface area contributed by atoms with Crippen molar-refractivity contribution in [1.29, 1.82) is 0 Å². The maximum atomic E-state index is 13.0. The third-order valence-electron chi connectivity index (χ3n) is 5.20. The highest BCUT2D eigenvalue weighted by atomic mass is 35.5. The summed E-state index contributed by atoms with van der Waals surface area (Å²) in [6.07, 6.45) is 0.790. The number of halogens is 1. The number of nitrogens with one attached hydrogen (secondary N) is 2. The van der Waals surface area contributed by atoms with Gasteiger partial charge in [-0.15, -0.1) is 0 Å². The van der Waals surface area contributed by atoms with Crippen LogP contribution in [0.15, 0.2) is 48.5 Å². The Bertz CT molecular complexity index is 891. The van der Waals surface area contributed by atoms with Crippen molar-refractivity contribution >= 4 is 34.9 Å². The predicted octanol–water partition coefficient (Wildman–Crippen LogP) is 2.91. The molecule has 2 aromatic rings. The van der Waals surface area contributed by atoms with Crippen molar-refractivity contribution in [2.75, 3.05) is 63.6 Å². The number of anilines is 2. The van der Waals surface area contributed by atoms with Crippen molar-refractivity contribution < 1.29 is 9.59 Å². The fraction of sp³-hybridized carbons (Fsp3) is 0.391. The van der Waals surface area contributed by atoms with E-state index in [4.69, 9.17) is 11.6 Å². The summed E-state index contributed by atoms with van der Waals surface area (Å²) in [7, 11) is 3.99. The minimum Gasteiger partial charge on any atom is -0.359 e. The van der Waals surface area contributed by atoms with Crippen molar-refractivity contribution in [3.63, 3.8) is 0 Å². The van der Waals surface area contributed by atoms with Crippen molar-refractivity contribution in [2.24, 2.45) is 0 Å². The molecule has 1 fully saturated rings. The molecule has 0 atom stereocenters. The van der Waals surface area contributed by atoms with E-state index < -0.39 is 0 Å². The Labute approximate surface area is 189 Å². The Hall–Kier alpha value is -2.77. The lowest BCUT2D eigenvalue weighted by atomic mass is 10.1. The van der Waals surface area contributed by atoms with Crippen LogP contribution in [0.25, 0.3) is 0 Å². The number of amides is 3. The van der Waals surface area contributed by atoms with Crippen LogP contribution in [-0.4, -0.2) is 75.1 Å². The molecule has 0 bridgehead atoms. The van der Waals surface area contributed by atoms with Crippen molar-refractivity contribution in [3.8, 4) is 0 Å². The first-order chi connectivity index (χ1) is 14.9. The summed E-state index contributed by atoms with van der Waals surface area (Å²) in [6.45, 7) is 3.60. The van der Waals surface area contributed by atoms with Crippen LogP contribution in [-0.2, 0) is 11.2 Å². The van der Waals surface area contributed by atoms with Gasteiger partial charge >= 0.3 is 6.03 Å². The summed E-state index contributed by atoms with van der Waals surface area (Å²) >= 11 is 6.47. The topological polar surface area (TPSA) is 67.9 Å². The molecule has 0 unspecified atom stereocenters. The highest BCUT2D eigenvalue weighted by molar-refractivity contribution is 6.33. The molecular weight excluding hydrogens is 414 g/mol. The van der Waals surface area contributed by atoms with Crippen molar-refractivity contribution in [1.82, 2.24) is 15.1 Å². The number of carbonyl (C=O) groups excluding carboxylic acids is 2. The minimum absolute atomic E-state index is 0.0188. The van der Waals surface area contributed by atoms with Crippen molar-refractivity contribution in [2.45, 2.75) is 6.42 Å². The molecule has 2 N–H and O–H groups in total. The highest BCUT2D eigenvalue weighted by Crippen LogP contribution is 2.29. The molecule has 3 amide bonds. The minimum atomic E-state index is -0.154. The van der Waals surface area contributed by atoms with Gasteiger partial charge in [0.05, 0.1) is 17.3 Å². The number of likely N-dealkylation sites (N-methyl/N-ethyl adjacent to an activating group) is 1. The summed E-state index contributed by atoms with van der Waals surface area (Å²) in [5.74, 6) is -0.0188. The Kier molecular flexibility index (Phi) is 8.14. The van der Waals surface area contributed by atoms with Gasteiger partial charge in [-0.05, 0) is 44.3 Å². The standard InChI is InChI=1S/C23H30ClN5O2/c1-27(2)14-15-28(12-10-18-6-4-3-5-7-18)23(31)26-19-8-9-21(20(24)16-19)29-13-11-25-22(30)17-29/h3-9,16H,10-15,17H2,1-2H3,(H,25,30)(H,26,31). The molecule has 7 nitrogen and oxygen atoms in total. The zero-order valence-electron chi connectivity index (χ0n) is 18.1. The molecule has 0 saturated carbocycles. The van der Waals surface area contributed by atoms with Gasteiger partial charge in [0.15, 0.2) is 0 Å². The quantitative estimate of drug-likeness (QED) is 0.658. The molecular formula is C23H30ClN5O2. The average molecular weight is 444 g/mol. The van der Waals surface area contributed by atoms with E-state index >= 15 is 0 Å². The van der Waals surface area contributed by atoms with Gasteiger partial charge in [-0.3, -0.25) is 4.79 Å². The first kappa shape index (κ1) is 22.9. The fourth-order valence-corrected chi connectivity index (χ4v) is 3.73. The monoisotopic (exact) mass is 443 g/mol. The van der Waals surface area contributed by atoms with E-state index in [0.717, 1.165) is 18.7 Å². The Morgan fingerprint density at radius 2 is 1.90 bits per heavy atom. The van der Waals surface area contributed by atoms with Gasteiger partial charge in [0.25, 0.3) is 0 Å². The lowest BCUT2D eigenvalue weighted by Gasteiger charge is -2.29. The normalized spacial score (nSPS) is 13.8. The summed E-state index contributed by atoms with van der Waals surface area (Å²) < 4.78 is 0. The van der Waals surface area contributed by atoms with Gasteiger partial charge in [-0.1, -0.05) is 41.9 Å². The molecule has 0 aromatic heterocycles. The van der Waals surface area contributed by atoms with Crippen LogP contribution in [0, 0.1) is 0 Å². The number of nitrogens with zero attached hydrogens (tertiary/aromatic N) is 3. The molecule has 1 aliphatic heterocycles. The third-order valence-corrected chi connectivity index (χ3v) is 5.50. The number of urea groups is 1. The maximum Gasteiger partial charge on any atom is 0.321 e. The number of piperazine rings is 1. The van der Waals surface area contributed by atoms with Gasteiger partial charge in [0.1, 0.15) is 0 Å². The highest BCUT2D eigenvalue weighted by Gasteiger charge is 2.19. The predicted molar refractivity (Wildman–Crippen MR) is 126 cm³/mol. The average Bonchev–Trinajstić information content (AvgIpc) is 2.74. The first-order valence-corrected chi connectivity index (χ1v) is 10.9. The van der Waals surface area contributed by atoms with Crippen LogP contribution < -0.4 is 15.5 Å². The van der Waals surface area contributed by atoms with Crippen LogP contribution in [0.4, 0.5) is 16.2 Å². The molecule has 166 valence electrons. The van der Waals surface area contributed by atoms with Gasteiger partial charge < -0.3 is 25.3 Å². The molecule has 3 rings (SSSR count). The van der Waals surface area contributed by atoms with E-state index in [0.29, 0.717) is 36.9 Å². The largest absolute Gasteiger partial charge is 0.359 e. The summed E-state index contributed by atoms with van der Waals surface area (Å²) in [6, 6.07) is 15.4. The SMILES string of the molecule is CN(C)CCN(CCc1ccccc1)C(=O)Nc1ccc(N2CCNC(=O)C2)c(Cl)c1. The van der Waals surface area contributed by atoms with E-state index in [2.05, 4.69) is 27.7 Å². The molecule has 0 radical (unpaired) electrons. The lowest BCUT2D eigenvalue weighted by molar-refractivity contribution is -0.120. The maximum absolute atomic E-state index is 13.0. The lowest BCUT2D eigenvalue weighted by Crippen LogP contribution is -2.47. The second-order valence-electron chi connectivity index (χ2n) is 7.89. The van der Waals surface area contributed by atoms with Crippen LogP contribution in [0.2, 0.25) is 5.02 Å². The molecule has 0 spiro atoms. The Balaban J connectivity index is 1.65. The van der Waals surface area contributed by atoms with Crippen LogP contribution in [0.1, 0.15) is 5.56 Å². The van der Waals surface area contributed by atoms with Crippen LogP contribution >= 0.6 is 11.6 Å². The second kappa shape index (κ2) is 11.0. The van der Waals surface area contributed by atoms with E-state index in [9.17, 15) is 9.59 Å². The molecule has 1 saturated heterocycles. The molecule has 31 heavy (non-hydrogen) atoms. The second-order valence-corrected chi connectivity index (χ2v) is 8.30. The van der Waals surface area contributed by atoms with E-state index in [-0.39, 0.29) is 18.5 Å². The summed E-state index contributed by atoms with van der Waals surface area (Å²) in [5.41, 5.74) is 2.63. The van der Waals surface area contributed by atoms with Gasteiger partial charge in [-0.25, -0.2) is 4.79 Å². The zero-order chi connectivity index (χ0) is 22.2. The van der Waals surface area contributed by atoms with Crippen LogP contribution in [0.3, 0.4) is 0 Å². The first-order valence-electron chi connectivity index (χ1n) is 10.5. The number of rotatable bonds is 8. The molecule has 2 aromatic carbocycles. The van der Waals surface area contributed by atoms with Crippen LogP contribution in [0.5, 0.6) is 0 Å². The van der Waals surface area contributed by atoms with E-state index in [1.54, 1.807) is 6.07 Å².